The highest BCUT2D eigenvalue weighted by molar-refractivity contribution is 5.88. The second-order valence-electron chi connectivity index (χ2n) is 7.43. The fraction of sp³-hybridized carbons (Fsp3) is 0.348. The lowest BCUT2D eigenvalue weighted by molar-refractivity contribution is -0.148. The van der Waals surface area contributed by atoms with Gasteiger partial charge in [-0.2, -0.15) is 0 Å². The van der Waals surface area contributed by atoms with Gasteiger partial charge in [-0.1, -0.05) is 30.3 Å². The number of nitrogens with zero attached hydrogens (tertiary/aromatic N) is 1. The Morgan fingerprint density at radius 3 is 2.48 bits per heavy atom. The molecule has 1 aliphatic rings. The van der Waals surface area contributed by atoms with Gasteiger partial charge < -0.3 is 20.1 Å². The number of nitrogens with one attached hydrogen (secondary N) is 1. The van der Waals surface area contributed by atoms with E-state index in [1.165, 1.54) is 17.0 Å². The molecule has 7 nitrogen and oxygen atoms in total. The predicted molar refractivity (Wildman–Crippen MR) is 111 cm³/mol. The molecule has 0 spiro atoms. The van der Waals surface area contributed by atoms with Crippen LogP contribution >= 0.6 is 0 Å². The number of carboxylic acid groups (broad SMARTS) is 1. The van der Waals surface area contributed by atoms with Gasteiger partial charge in [-0.25, -0.2) is 9.18 Å². The fourth-order valence-corrected chi connectivity index (χ4v) is 3.63. The molecule has 0 radical (unpaired) electrons. The number of aliphatic carboxylic acids is 1. The number of carboxylic acids is 1. The average Bonchev–Trinajstić information content (AvgIpc) is 3.22. The first-order valence-corrected chi connectivity index (χ1v) is 10.2. The zero-order valence-electron chi connectivity index (χ0n) is 17.0. The van der Waals surface area contributed by atoms with Crippen LogP contribution in [0.4, 0.5) is 4.39 Å². The van der Waals surface area contributed by atoms with Gasteiger partial charge in [0.15, 0.2) is 0 Å². The summed E-state index contributed by atoms with van der Waals surface area (Å²) in [6, 6.07) is 14.1. The summed E-state index contributed by atoms with van der Waals surface area (Å²) in [7, 11) is 0. The quantitative estimate of drug-likeness (QED) is 0.599. The molecule has 2 unspecified atom stereocenters. The molecule has 2 aromatic rings. The van der Waals surface area contributed by atoms with Gasteiger partial charge in [0.05, 0.1) is 13.2 Å². The second-order valence-corrected chi connectivity index (χ2v) is 7.43. The Bertz CT molecular complexity index is 904. The van der Waals surface area contributed by atoms with Crippen molar-refractivity contribution in [1.29, 1.82) is 0 Å². The van der Waals surface area contributed by atoms with Crippen molar-refractivity contribution in [3.8, 4) is 5.75 Å². The van der Waals surface area contributed by atoms with Crippen molar-refractivity contribution < 1.29 is 28.6 Å². The van der Waals surface area contributed by atoms with Gasteiger partial charge in [0.25, 0.3) is 0 Å². The molecule has 0 aromatic heterocycles. The molecule has 0 bridgehead atoms. The maximum atomic E-state index is 13.2. The number of halogens is 1. The maximum absolute atomic E-state index is 13.2. The van der Waals surface area contributed by atoms with Gasteiger partial charge in [0.1, 0.15) is 17.6 Å². The number of para-hydroxylation sites is 1. The van der Waals surface area contributed by atoms with Crippen LogP contribution in [0.15, 0.2) is 54.6 Å². The minimum Gasteiger partial charge on any atom is -0.494 e. The van der Waals surface area contributed by atoms with Gasteiger partial charge in [-0.05, 0) is 42.7 Å². The number of ether oxygens (including phenoxy) is 1. The molecule has 1 heterocycles. The van der Waals surface area contributed by atoms with Crippen molar-refractivity contribution in [3.05, 3.63) is 66.0 Å². The lowest BCUT2D eigenvalue weighted by Gasteiger charge is -2.21. The summed E-state index contributed by atoms with van der Waals surface area (Å²) in [5, 5.41) is 12.1. The van der Waals surface area contributed by atoms with Crippen LogP contribution in [0.1, 0.15) is 30.7 Å². The largest absolute Gasteiger partial charge is 0.494 e. The third kappa shape index (κ3) is 6.28. The van der Waals surface area contributed by atoms with Crippen molar-refractivity contribution in [2.75, 3.05) is 19.7 Å². The first-order valence-electron chi connectivity index (χ1n) is 10.2. The number of likely N-dealkylation sites (tertiary alicyclic amines) is 1. The predicted octanol–water partition coefficient (Wildman–Crippen LogP) is 2.57. The van der Waals surface area contributed by atoms with Gasteiger partial charge in [-0.3, -0.25) is 9.59 Å². The summed E-state index contributed by atoms with van der Waals surface area (Å²) in [5.74, 6) is -1.69. The van der Waals surface area contributed by atoms with E-state index in [4.69, 9.17) is 4.74 Å². The van der Waals surface area contributed by atoms with E-state index in [0.717, 1.165) is 11.3 Å². The lowest BCUT2D eigenvalue weighted by Crippen LogP contribution is -2.45. The van der Waals surface area contributed by atoms with Crippen LogP contribution in [0.2, 0.25) is 0 Å². The van der Waals surface area contributed by atoms with Crippen LogP contribution in [0, 0.1) is 5.82 Å². The van der Waals surface area contributed by atoms with Gasteiger partial charge in [0.2, 0.25) is 11.8 Å². The molecule has 2 aromatic carbocycles. The molecule has 0 saturated carbocycles. The van der Waals surface area contributed by atoms with Crippen LogP contribution in [0.5, 0.6) is 5.75 Å². The van der Waals surface area contributed by atoms with Crippen LogP contribution in [-0.2, 0) is 14.4 Å². The van der Waals surface area contributed by atoms with Crippen molar-refractivity contribution in [2.45, 2.75) is 31.2 Å². The number of carbonyl (C=O) groups is 3. The Kier molecular flexibility index (Phi) is 7.59. The average molecular weight is 428 g/mol. The van der Waals surface area contributed by atoms with Crippen molar-refractivity contribution in [3.63, 3.8) is 0 Å². The van der Waals surface area contributed by atoms with E-state index in [1.807, 2.05) is 30.3 Å². The Hall–Kier alpha value is -3.42. The van der Waals surface area contributed by atoms with Crippen LogP contribution in [0.3, 0.4) is 0 Å². The Morgan fingerprint density at radius 2 is 1.81 bits per heavy atom. The van der Waals surface area contributed by atoms with E-state index >= 15 is 0 Å². The minimum absolute atomic E-state index is 0.195. The van der Waals surface area contributed by atoms with E-state index in [9.17, 15) is 23.9 Å². The Morgan fingerprint density at radius 1 is 1.10 bits per heavy atom. The zero-order valence-corrected chi connectivity index (χ0v) is 17.0. The molecule has 1 saturated heterocycles. The summed E-state index contributed by atoms with van der Waals surface area (Å²) in [6.45, 7) is 0.318. The zero-order chi connectivity index (χ0) is 22.2. The second kappa shape index (κ2) is 10.6. The van der Waals surface area contributed by atoms with E-state index in [-0.39, 0.29) is 43.6 Å². The molecule has 1 aliphatic heterocycles. The first-order chi connectivity index (χ1) is 14.9. The SMILES string of the molecule is O=C(CCCOc1ccccc1)NCC(=O)N1CC(c2ccc(F)cc2)CC1C(=O)O. The highest BCUT2D eigenvalue weighted by Crippen LogP contribution is 2.32. The molecular formula is C23H25FN2O5. The molecule has 1 fully saturated rings. The monoisotopic (exact) mass is 428 g/mol. The molecule has 2 amide bonds. The maximum Gasteiger partial charge on any atom is 0.326 e. The summed E-state index contributed by atoms with van der Waals surface area (Å²) in [6.07, 6.45) is 0.932. The minimum atomic E-state index is -1.10. The van der Waals surface area contributed by atoms with Crippen LogP contribution in [-0.4, -0.2) is 53.5 Å². The van der Waals surface area contributed by atoms with Crippen molar-refractivity contribution in [2.24, 2.45) is 0 Å². The number of hydrogen-bond donors (Lipinski definition) is 2. The van der Waals surface area contributed by atoms with Gasteiger partial charge in [-0.15, -0.1) is 0 Å². The van der Waals surface area contributed by atoms with Gasteiger partial charge in [0, 0.05) is 18.9 Å². The molecule has 2 atom stereocenters. The number of rotatable bonds is 9. The molecule has 8 heteroatoms. The number of benzene rings is 2. The van der Waals surface area contributed by atoms with E-state index in [0.29, 0.717) is 13.0 Å². The van der Waals surface area contributed by atoms with E-state index < -0.39 is 17.9 Å². The standard InChI is InChI=1S/C23H25FN2O5/c24-18-10-8-16(9-11-18)17-13-20(23(29)30)26(15-17)22(28)14-25-21(27)7-4-12-31-19-5-2-1-3-6-19/h1-3,5-6,8-11,17,20H,4,7,12-15H2,(H,25,27)(H,29,30). The highest BCUT2D eigenvalue weighted by Gasteiger charge is 2.40. The van der Waals surface area contributed by atoms with Gasteiger partial charge >= 0.3 is 5.97 Å². The normalized spacial score (nSPS) is 17.9. The molecule has 164 valence electrons. The van der Waals surface area contributed by atoms with Crippen molar-refractivity contribution in [1.82, 2.24) is 10.2 Å². The summed E-state index contributed by atoms with van der Waals surface area (Å²) in [4.78, 5) is 37.5. The molecule has 3 rings (SSSR count). The topological polar surface area (TPSA) is 95.9 Å². The molecular weight excluding hydrogens is 403 g/mol. The third-order valence-corrected chi connectivity index (χ3v) is 5.24. The highest BCUT2D eigenvalue weighted by atomic mass is 19.1. The molecule has 2 N–H and O–H groups in total. The summed E-state index contributed by atoms with van der Waals surface area (Å²) in [5.41, 5.74) is 0.783. The molecule has 0 aliphatic carbocycles. The first kappa shape index (κ1) is 22.3. The molecule has 31 heavy (non-hydrogen) atoms. The summed E-state index contributed by atoms with van der Waals surface area (Å²) < 4.78 is 18.7. The number of hydrogen-bond acceptors (Lipinski definition) is 4. The number of amides is 2. The van der Waals surface area contributed by atoms with Crippen LogP contribution < -0.4 is 10.1 Å². The summed E-state index contributed by atoms with van der Waals surface area (Å²) >= 11 is 0. The smallest absolute Gasteiger partial charge is 0.326 e. The van der Waals surface area contributed by atoms with Crippen molar-refractivity contribution >= 4 is 17.8 Å². The Labute approximate surface area is 179 Å². The third-order valence-electron chi connectivity index (χ3n) is 5.24. The van der Waals surface area contributed by atoms with Crippen LogP contribution in [0.25, 0.3) is 0 Å². The van der Waals surface area contributed by atoms with E-state index in [2.05, 4.69) is 5.32 Å². The lowest BCUT2D eigenvalue weighted by atomic mass is 9.96. The number of carbonyl (C=O) groups excluding carboxylic acids is 2. The van der Waals surface area contributed by atoms with E-state index in [1.54, 1.807) is 12.1 Å². The Balaban J connectivity index is 1.45. The fourth-order valence-electron chi connectivity index (χ4n) is 3.63.